The summed E-state index contributed by atoms with van der Waals surface area (Å²) in [6, 6.07) is 0. The molecular weight excluding hydrogens is 547 g/mol. The average Bonchev–Trinajstić information content (AvgIpc) is 1.00. The minimum atomic E-state index is 0. The molecule has 0 saturated heterocycles. The third-order valence-corrected chi connectivity index (χ3v) is 0. The van der Waals surface area contributed by atoms with E-state index in [1.54, 1.807) is 0 Å². The largest absolute Gasteiger partial charge is 0.187 e. The van der Waals surface area contributed by atoms with Gasteiger partial charge in [0.1, 0.15) is 0 Å². The Labute approximate surface area is 170 Å². The first-order valence-electron chi connectivity index (χ1n) is 0.577. The van der Waals surface area contributed by atoms with Crippen LogP contribution in [0.15, 0.2) is 0 Å². The molecule has 0 spiro atoms. The predicted octanol–water partition coefficient (Wildman–Crippen LogP) is -2.77. The van der Waals surface area contributed by atoms with E-state index in [1.165, 1.54) is 0 Å². The van der Waals surface area contributed by atoms with Gasteiger partial charge in [-0.05, 0) is 10.1 Å². The molecule has 11 heavy (non-hydrogen) atoms. The first-order chi connectivity index (χ1) is 1.00. The molecule has 0 unspecified atom stereocenters. The second kappa shape index (κ2) is 117. The van der Waals surface area contributed by atoms with Gasteiger partial charge >= 0.3 is 0 Å². The molecule has 0 nitrogen and oxygen atoms in total. The average molecular weight is 553 g/mol. The first kappa shape index (κ1) is 99.5. The predicted molar refractivity (Wildman–Crippen MR) is 25.6 cm³/mol. The Bertz CT molecular complexity index is 31.3. The van der Waals surface area contributed by atoms with Crippen molar-refractivity contribution >= 4 is 34.9 Å². The van der Waals surface area contributed by atoms with Crippen molar-refractivity contribution in [1.29, 1.82) is 0 Å². The van der Waals surface area contributed by atoms with Crippen molar-refractivity contribution in [3.05, 3.63) is 0 Å². The maximum absolute atomic E-state index is 4.64. The van der Waals surface area contributed by atoms with Gasteiger partial charge < -0.3 is 0 Å². The molecule has 0 heterocycles. The Hall–Kier alpha value is 5.04. The molecule has 0 aromatic heterocycles. The molecule has 85 valence electrons. The molecule has 5 radical (unpaired) electrons. The first-order valence-corrected chi connectivity index (χ1v) is 1.73. The van der Waals surface area contributed by atoms with Gasteiger partial charge in [-0.25, -0.2) is 0 Å². The van der Waals surface area contributed by atoms with Crippen LogP contribution >= 0.6 is 0 Å². The number of hydrogen-bond donors (Lipinski definition) is 0. The SMILES string of the molecule is [AlH3].[B][SiH3].[Cr].[Cu].[Cu].[Cu].[Fe].[Ni].[Ni].[Zn]. The van der Waals surface area contributed by atoms with Gasteiger partial charge in [-0.1, -0.05) is 0 Å². The van der Waals surface area contributed by atoms with Crippen LogP contribution in [0.5, 0.6) is 0 Å². The summed E-state index contributed by atoms with van der Waals surface area (Å²) in [6.45, 7) is 0. The van der Waals surface area contributed by atoms with Crippen LogP contribution in [-0.2, 0) is 138 Å². The van der Waals surface area contributed by atoms with Crippen LogP contribution in [0.3, 0.4) is 0 Å². The minimum Gasteiger partial charge on any atom is -0.0388 e. The van der Waals surface area contributed by atoms with Gasteiger partial charge in [-0.15, -0.1) is 0 Å². The second-order valence-electron chi connectivity index (χ2n) is 0. The fraction of sp³-hybridized carbons (Fsp3) is 0. The van der Waals surface area contributed by atoms with Crippen molar-refractivity contribution in [2.24, 2.45) is 0 Å². The summed E-state index contributed by atoms with van der Waals surface area (Å²) in [6.07, 6.45) is 0. The molecule has 0 aliphatic heterocycles. The molecule has 0 bridgehead atoms. The molecule has 0 N–H and O–H groups in total. The quantitative estimate of drug-likeness (QED) is 0.286. The van der Waals surface area contributed by atoms with E-state index in [9.17, 15) is 0 Å². The Morgan fingerprint density at radius 3 is 0.818 bits per heavy atom. The zero-order valence-electron chi connectivity index (χ0n) is 4.58. The van der Waals surface area contributed by atoms with Crippen LogP contribution in [-0.4, -0.2) is 34.9 Å². The molecule has 0 amide bonds. The molecule has 0 aromatic carbocycles. The van der Waals surface area contributed by atoms with E-state index in [2.05, 4.69) is 7.44 Å². The molecule has 0 aliphatic rings. The fourth-order valence-electron chi connectivity index (χ4n) is 0. The van der Waals surface area contributed by atoms with E-state index in [0.717, 1.165) is 10.1 Å². The monoisotopic (exact) mass is 548 g/mol. The van der Waals surface area contributed by atoms with Crippen LogP contribution in [0.1, 0.15) is 0 Å². The van der Waals surface area contributed by atoms with Gasteiger partial charge in [-0.3, -0.25) is 0 Å². The second-order valence-corrected chi connectivity index (χ2v) is 0. The summed E-state index contributed by atoms with van der Waals surface area (Å²) in [5.41, 5.74) is 0. The summed E-state index contributed by atoms with van der Waals surface area (Å²) in [7, 11) is 5.44. The van der Waals surface area contributed by atoms with Gasteiger partial charge in [0.15, 0.2) is 17.4 Å². The topological polar surface area (TPSA) is 0 Å². The smallest absolute Gasteiger partial charge is 0.0388 e. The molecule has 0 rings (SSSR count). The molecule has 11 heteroatoms. The van der Waals surface area contributed by atoms with Crippen LogP contribution in [0.25, 0.3) is 0 Å². The van der Waals surface area contributed by atoms with E-state index in [-0.39, 0.29) is 155 Å². The van der Waals surface area contributed by atoms with Gasteiger partial charge in [0.05, 0.1) is 0 Å². The van der Waals surface area contributed by atoms with E-state index in [4.69, 9.17) is 0 Å². The Morgan fingerprint density at radius 2 is 0.818 bits per heavy atom. The third kappa shape index (κ3) is 101. The summed E-state index contributed by atoms with van der Waals surface area (Å²) in [5, 5.41) is 0. The molecule has 0 saturated carbocycles. The van der Waals surface area contributed by atoms with Crippen molar-refractivity contribution in [2.75, 3.05) is 0 Å². The summed E-state index contributed by atoms with van der Waals surface area (Å²) < 4.78 is 0. The molecule has 0 aliphatic carbocycles. The standard InChI is InChI=1S/Al.BH3Si.Cr.3Cu.Fe.2Ni.Zn.3H/c;1-2;;;;;;;;;;;/h;2H3;;;;;;;;;;;. The van der Waals surface area contributed by atoms with E-state index in [0.29, 0.717) is 0 Å². The maximum atomic E-state index is 4.64. The Morgan fingerprint density at radius 1 is 0.818 bits per heavy atom. The van der Waals surface area contributed by atoms with Crippen molar-refractivity contribution in [3.8, 4) is 0 Å². The molecule has 0 aromatic rings. The Kier molecular flexibility index (Phi) is 1060. The zero-order chi connectivity index (χ0) is 2.00. The van der Waals surface area contributed by atoms with Crippen LogP contribution in [0.2, 0.25) is 0 Å². The van der Waals surface area contributed by atoms with Crippen molar-refractivity contribution < 1.29 is 138 Å². The normalized spacial score (nSPS) is 0.727. The summed E-state index contributed by atoms with van der Waals surface area (Å²) in [4.78, 5) is 0. The zero-order valence-corrected chi connectivity index (χ0v) is 16.7. The van der Waals surface area contributed by atoms with Crippen LogP contribution in [0.4, 0.5) is 0 Å². The summed E-state index contributed by atoms with van der Waals surface area (Å²) in [5.74, 6) is 0. The number of rotatable bonds is 0. The molecule has 0 atom stereocenters. The maximum Gasteiger partial charge on any atom is 0.187 e. The third-order valence-electron chi connectivity index (χ3n) is 0. The summed E-state index contributed by atoms with van der Waals surface area (Å²) >= 11 is 0. The van der Waals surface area contributed by atoms with E-state index >= 15 is 0 Å². The van der Waals surface area contributed by atoms with Gasteiger partial charge in [0.2, 0.25) is 0 Å². The van der Waals surface area contributed by atoms with Gasteiger partial charge in [-0.2, -0.15) is 0 Å². The van der Waals surface area contributed by atoms with E-state index in [1.807, 2.05) is 0 Å². The fourth-order valence-corrected chi connectivity index (χ4v) is 0. The van der Waals surface area contributed by atoms with E-state index < -0.39 is 0 Å². The van der Waals surface area contributed by atoms with Crippen molar-refractivity contribution in [1.82, 2.24) is 0 Å². The van der Waals surface area contributed by atoms with Gasteiger partial charge in [0, 0.05) is 146 Å². The van der Waals surface area contributed by atoms with Crippen LogP contribution < -0.4 is 0 Å². The Balaban J connectivity index is -0.000000000139. The van der Waals surface area contributed by atoms with Gasteiger partial charge in [0.25, 0.3) is 0 Å². The van der Waals surface area contributed by atoms with Crippen molar-refractivity contribution in [2.45, 2.75) is 0 Å². The van der Waals surface area contributed by atoms with Crippen LogP contribution in [0, 0.1) is 0 Å². The number of hydrogen-bond acceptors (Lipinski definition) is 0. The molecular formula is H6AlBCrCu3FeNi2SiZn. The minimum absolute atomic E-state index is 0. The van der Waals surface area contributed by atoms with Crippen molar-refractivity contribution in [3.63, 3.8) is 0 Å². The molecule has 0 fully saturated rings.